The Bertz CT molecular complexity index is 1670. The molecule has 0 unspecified atom stereocenters. The molecule has 0 aliphatic heterocycles. The molecule has 1 aliphatic carbocycles. The number of benzene rings is 4. The van der Waals surface area contributed by atoms with Gasteiger partial charge in [0.2, 0.25) is 11.8 Å². The molecule has 1 fully saturated rings. The Labute approximate surface area is 266 Å². The number of amides is 2. The maximum absolute atomic E-state index is 14.5. The van der Waals surface area contributed by atoms with Crippen molar-refractivity contribution < 1.29 is 18.0 Å². The van der Waals surface area contributed by atoms with Crippen LogP contribution in [0.25, 0.3) is 0 Å². The smallest absolute Gasteiger partial charge is 0.264 e. The van der Waals surface area contributed by atoms with Crippen LogP contribution in [0.2, 0.25) is 0 Å². The monoisotopic (exact) mass is 623 g/mol. The Hall–Kier alpha value is -4.43. The summed E-state index contributed by atoms with van der Waals surface area (Å²) in [5.41, 5.74) is 4.15. The summed E-state index contributed by atoms with van der Waals surface area (Å²) >= 11 is 0. The van der Waals surface area contributed by atoms with Gasteiger partial charge in [-0.2, -0.15) is 0 Å². The van der Waals surface area contributed by atoms with Crippen molar-refractivity contribution in [2.75, 3.05) is 10.8 Å². The molecule has 0 spiro atoms. The highest BCUT2D eigenvalue weighted by Crippen LogP contribution is 2.26. The van der Waals surface area contributed by atoms with Gasteiger partial charge < -0.3 is 10.2 Å². The van der Waals surface area contributed by atoms with Crippen LogP contribution in [0.3, 0.4) is 0 Å². The fourth-order valence-electron chi connectivity index (χ4n) is 5.77. The van der Waals surface area contributed by atoms with E-state index < -0.39 is 28.5 Å². The molecule has 8 heteroatoms. The minimum absolute atomic E-state index is 0.0647. The number of carbonyl (C=O) groups excluding carboxylic acids is 2. The Kier molecular flexibility index (Phi) is 10.4. The van der Waals surface area contributed by atoms with Crippen LogP contribution >= 0.6 is 0 Å². The summed E-state index contributed by atoms with van der Waals surface area (Å²) in [6.45, 7) is 3.57. The molecule has 234 valence electrons. The van der Waals surface area contributed by atoms with E-state index in [0.717, 1.165) is 52.2 Å². The second kappa shape index (κ2) is 14.6. The van der Waals surface area contributed by atoms with Crippen molar-refractivity contribution in [2.45, 2.75) is 69.5 Å². The topological polar surface area (TPSA) is 86.8 Å². The Balaban J connectivity index is 1.54. The quantitative estimate of drug-likeness (QED) is 0.204. The summed E-state index contributed by atoms with van der Waals surface area (Å²) in [7, 11) is -4.12. The average Bonchev–Trinajstić information content (AvgIpc) is 3.56. The predicted octanol–water partition coefficient (Wildman–Crippen LogP) is 6.20. The lowest BCUT2D eigenvalue weighted by atomic mass is 10.0. The Morgan fingerprint density at radius 3 is 1.91 bits per heavy atom. The van der Waals surface area contributed by atoms with Crippen LogP contribution in [0.5, 0.6) is 0 Å². The first-order chi connectivity index (χ1) is 21.7. The molecule has 0 saturated heterocycles. The number of nitrogens with zero attached hydrogens (tertiary/aromatic N) is 2. The van der Waals surface area contributed by atoms with Gasteiger partial charge in [0.05, 0.1) is 10.6 Å². The van der Waals surface area contributed by atoms with Crippen molar-refractivity contribution in [1.82, 2.24) is 10.2 Å². The van der Waals surface area contributed by atoms with Gasteiger partial charge in [-0.15, -0.1) is 0 Å². The molecule has 1 atom stereocenters. The van der Waals surface area contributed by atoms with Crippen LogP contribution in [0, 0.1) is 13.8 Å². The number of sulfonamides is 1. The maximum Gasteiger partial charge on any atom is 0.264 e. The number of hydrogen-bond acceptors (Lipinski definition) is 4. The second-order valence-corrected chi connectivity index (χ2v) is 13.7. The van der Waals surface area contributed by atoms with Crippen molar-refractivity contribution in [3.63, 3.8) is 0 Å². The van der Waals surface area contributed by atoms with Crippen LogP contribution in [-0.2, 0) is 32.6 Å². The van der Waals surface area contributed by atoms with E-state index in [9.17, 15) is 18.0 Å². The lowest BCUT2D eigenvalue weighted by Crippen LogP contribution is -2.54. The third-order valence-corrected chi connectivity index (χ3v) is 10.2. The normalized spacial score (nSPS) is 14.1. The van der Waals surface area contributed by atoms with Gasteiger partial charge in [-0.1, -0.05) is 109 Å². The Morgan fingerprint density at radius 2 is 1.31 bits per heavy atom. The lowest BCUT2D eigenvalue weighted by molar-refractivity contribution is -0.140. The molecule has 0 radical (unpaired) electrons. The number of carbonyl (C=O) groups is 2. The molecule has 1 N–H and O–H groups in total. The van der Waals surface area contributed by atoms with E-state index in [2.05, 4.69) is 5.32 Å². The van der Waals surface area contributed by atoms with Crippen molar-refractivity contribution in [3.05, 3.63) is 131 Å². The number of hydrogen-bond donors (Lipinski definition) is 1. The summed E-state index contributed by atoms with van der Waals surface area (Å²) in [6.07, 6.45) is 4.23. The third-order valence-electron chi connectivity index (χ3n) is 8.38. The first kappa shape index (κ1) is 32.0. The number of nitrogens with one attached hydrogen (secondary N) is 1. The zero-order valence-electron chi connectivity index (χ0n) is 25.9. The third kappa shape index (κ3) is 8.19. The van der Waals surface area contributed by atoms with E-state index in [0.29, 0.717) is 12.1 Å². The van der Waals surface area contributed by atoms with Crippen molar-refractivity contribution in [3.8, 4) is 0 Å². The van der Waals surface area contributed by atoms with Crippen LogP contribution in [0.1, 0.15) is 47.9 Å². The maximum atomic E-state index is 14.5. The molecule has 4 aromatic rings. The van der Waals surface area contributed by atoms with E-state index in [4.69, 9.17) is 0 Å². The van der Waals surface area contributed by atoms with Crippen LogP contribution in [0.15, 0.2) is 114 Å². The fourth-order valence-corrected chi connectivity index (χ4v) is 7.19. The Morgan fingerprint density at radius 1 is 0.756 bits per heavy atom. The van der Waals surface area contributed by atoms with Crippen LogP contribution < -0.4 is 9.62 Å². The number of aryl methyl sites for hydroxylation is 2. The molecule has 4 aromatic carbocycles. The summed E-state index contributed by atoms with van der Waals surface area (Å²) < 4.78 is 29.3. The second-order valence-electron chi connectivity index (χ2n) is 11.9. The SMILES string of the molecule is Cc1ccc(CN(C(=O)CN(c2ccccc2)S(=O)(=O)c2ccc(C)cc2)[C@@H](Cc2ccccc2)C(=O)NC2CCCC2)cc1. The van der Waals surface area contributed by atoms with E-state index >= 15 is 0 Å². The molecule has 0 aromatic heterocycles. The average molecular weight is 624 g/mol. The van der Waals surface area contributed by atoms with Gasteiger partial charge in [0.25, 0.3) is 10.0 Å². The highest BCUT2D eigenvalue weighted by molar-refractivity contribution is 7.92. The zero-order chi connectivity index (χ0) is 31.8. The molecule has 5 rings (SSSR count). The highest BCUT2D eigenvalue weighted by atomic mass is 32.2. The van der Waals surface area contributed by atoms with Gasteiger partial charge in [0, 0.05) is 19.0 Å². The number of rotatable bonds is 12. The number of anilines is 1. The fraction of sp³-hybridized carbons (Fsp3) is 0.297. The molecule has 0 bridgehead atoms. The zero-order valence-corrected chi connectivity index (χ0v) is 26.7. The summed E-state index contributed by atoms with van der Waals surface area (Å²) in [5.74, 6) is -0.684. The van der Waals surface area contributed by atoms with Gasteiger partial charge in [-0.05, 0) is 62.1 Å². The first-order valence-corrected chi connectivity index (χ1v) is 17.0. The van der Waals surface area contributed by atoms with E-state index in [1.165, 1.54) is 0 Å². The van der Waals surface area contributed by atoms with E-state index in [1.807, 2.05) is 68.4 Å². The molecular weight excluding hydrogens is 582 g/mol. The molecule has 0 heterocycles. The largest absolute Gasteiger partial charge is 0.352 e. The molecule has 2 amide bonds. The predicted molar refractivity (Wildman–Crippen MR) is 178 cm³/mol. The van der Waals surface area contributed by atoms with Crippen LogP contribution in [-0.4, -0.2) is 43.8 Å². The van der Waals surface area contributed by atoms with Gasteiger partial charge in [0.1, 0.15) is 12.6 Å². The van der Waals surface area contributed by atoms with Gasteiger partial charge in [0.15, 0.2) is 0 Å². The lowest BCUT2D eigenvalue weighted by Gasteiger charge is -2.34. The summed E-state index contributed by atoms with van der Waals surface area (Å²) in [6, 6.07) is 31.9. The molecular formula is C37H41N3O4S. The van der Waals surface area contributed by atoms with Crippen molar-refractivity contribution in [2.24, 2.45) is 0 Å². The standard InChI is InChI=1S/C37H41N3O4S/c1-28-17-21-31(22-18-28)26-39(35(25-30-11-5-3-6-12-30)37(42)38-32-13-9-10-14-32)36(41)27-40(33-15-7-4-8-16-33)45(43,44)34-23-19-29(2)20-24-34/h3-8,11-12,15-24,32,35H,9-10,13-14,25-27H2,1-2H3,(H,38,42)/t35-/m0/s1. The summed E-state index contributed by atoms with van der Waals surface area (Å²) in [4.78, 5) is 30.3. The number of para-hydroxylation sites is 1. The minimum Gasteiger partial charge on any atom is -0.352 e. The van der Waals surface area contributed by atoms with Crippen molar-refractivity contribution in [1.29, 1.82) is 0 Å². The minimum atomic E-state index is -4.12. The van der Waals surface area contributed by atoms with Crippen molar-refractivity contribution >= 4 is 27.5 Å². The van der Waals surface area contributed by atoms with Gasteiger partial charge in [-0.3, -0.25) is 13.9 Å². The summed E-state index contributed by atoms with van der Waals surface area (Å²) in [5, 5.41) is 3.21. The van der Waals surface area contributed by atoms with Gasteiger partial charge >= 0.3 is 0 Å². The first-order valence-electron chi connectivity index (χ1n) is 15.5. The van der Waals surface area contributed by atoms with E-state index in [1.54, 1.807) is 59.5 Å². The molecule has 45 heavy (non-hydrogen) atoms. The van der Waals surface area contributed by atoms with Gasteiger partial charge in [-0.25, -0.2) is 8.42 Å². The molecule has 7 nitrogen and oxygen atoms in total. The molecule has 1 saturated carbocycles. The highest BCUT2D eigenvalue weighted by Gasteiger charge is 2.35. The van der Waals surface area contributed by atoms with E-state index in [-0.39, 0.29) is 23.4 Å². The van der Waals surface area contributed by atoms with Crippen LogP contribution in [0.4, 0.5) is 5.69 Å². The molecule has 1 aliphatic rings.